The molecule has 3 rings (SSSR count). The van der Waals surface area contributed by atoms with Crippen molar-refractivity contribution >= 4 is 22.4 Å². The molecule has 0 atom stereocenters. The van der Waals surface area contributed by atoms with Crippen molar-refractivity contribution in [3.05, 3.63) is 65.9 Å². The zero-order chi connectivity index (χ0) is 15.2. The second kappa shape index (κ2) is 6.82. The van der Waals surface area contributed by atoms with E-state index in [0.29, 0.717) is 6.54 Å². The zero-order valence-corrected chi connectivity index (χ0v) is 12.5. The van der Waals surface area contributed by atoms with E-state index < -0.39 is 0 Å². The van der Waals surface area contributed by atoms with Gasteiger partial charge in [0, 0.05) is 30.7 Å². The summed E-state index contributed by atoms with van der Waals surface area (Å²) in [6.45, 7) is 0.428. The Morgan fingerprint density at radius 2 is 2.09 bits per heavy atom. The number of urea groups is 1. The standard InChI is InChI=1S/C16H14N4OS/c21-16(20-15-4-2-8-22-15)19-10-12-5-6-14(18-9-12)13-3-1-7-17-11-13/h1-9,11H,10H2,(H2,19,20,21). The number of anilines is 1. The van der Waals surface area contributed by atoms with E-state index in [9.17, 15) is 4.79 Å². The number of hydrogen-bond acceptors (Lipinski definition) is 4. The highest BCUT2D eigenvalue weighted by Gasteiger charge is 2.03. The third-order valence-electron chi connectivity index (χ3n) is 2.99. The number of nitrogens with one attached hydrogen (secondary N) is 2. The van der Waals surface area contributed by atoms with Crippen LogP contribution in [0.3, 0.4) is 0 Å². The molecule has 0 radical (unpaired) electrons. The van der Waals surface area contributed by atoms with Gasteiger partial charge < -0.3 is 5.32 Å². The lowest BCUT2D eigenvalue weighted by molar-refractivity contribution is 0.252. The molecule has 110 valence electrons. The van der Waals surface area contributed by atoms with Gasteiger partial charge in [-0.1, -0.05) is 6.07 Å². The van der Waals surface area contributed by atoms with Crippen LogP contribution in [0.5, 0.6) is 0 Å². The quantitative estimate of drug-likeness (QED) is 0.774. The fourth-order valence-electron chi connectivity index (χ4n) is 1.90. The maximum atomic E-state index is 11.7. The number of carbonyl (C=O) groups excluding carboxylic acids is 1. The molecule has 2 amide bonds. The molecule has 5 nitrogen and oxygen atoms in total. The SMILES string of the molecule is O=C(NCc1ccc(-c2cccnc2)nc1)Nc1cccs1. The van der Waals surface area contributed by atoms with E-state index in [1.54, 1.807) is 18.6 Å². The first kappa shape index (κ1) is 14.2. The molecule has 0 unspecified atom stereocenters. The van der Waals surface area contributed by atoms with Crippen molar-refractivity contribution in [1.29, 1.82) is 0 Å². The van der Waals surface area contributed by atoms with Gasteiger partial charge in [-0.25, -0.2) is 4.79 Å². The minimum Gasteiger partial charge on any atom is -0.334 e. The first-order valence-electron chi connectivity index (χ1n) is 6.75. The molecule has 2 N–H and O–H groups in total. The second-order valence-electron chi connectivity index (χ2n) is 4.58. The van der Waals surface area contributed by atoms with E-state index in [0.717, 1.165) is 21.8 Å². The summed E-state index contributed by atoms with van der Waals surface area (Å²) in [5.41, 5.74) is 2.77. The van der Waals surface area contributed by atoms with Crippen LogP contribution >= 0.6 is 11.3 Å². The largest absolute Gasteiger partial charge is 0.334 e. The minimum atomic E-state index is -0.223. The smallest absolute Gasteiger partial charge is 0.320 e. The predicted molar refractivity (Wildman–Crippen MR) is 87.6 cm³/mol. The Bertz CT molecular complexity index is 727. The van der Waals surface area contributed by atoms with Crippen molar-refractivity contribution < 1.29 is 4.79 Å². The van der Waals surface area contributed by atoms with E-state index >= 15 is 0 Å². The van der Waals surface area contributed by atoms with E-state index in [1.165, 1.54) is 11.3 Å². The Labute approximate surface area is 132 Å². The van der Waals surface area contributed by atoms with Gasteiger partial charge in [0.2, 0.25) is 0 Å². The van der Waals surface area contributed by atoms with Crippen LogP contribution < -0.4 is 10.6 Å². The number of hydrogen-bond donors (Lipinski definition) is 2. The fraction of sp³-hybridized carbons (Fsp3) is 0.0625. The number of nitrogens with zero attached hydrogens (tertiary/aromatic N) is 2. The monoisotopic (exact) mass is 310 g/mol. The molecule has 0 bridgehead atoms. The van der Waals surface area contributed by atoms with Gasteiger partial charge in [-0.2, -0.15) is 0 Å². The van der Waals surface area contributed by atoms with Gasteiger partial charge in [0.05, 0.1) is 10.7 Å². The van der Waals surface area contributed by atoms with Crippen LogP contribution in [0.1, 0.15) is 5.56 Å². The summed E-state index contributed by atoms with van der Waals surface area (Å²) >= 11 is 1.48. The van der Waals surface area contributed by atoms with Gasteiger partial charge in [-0.15, -0.1) is 11.3 Å². The Morgan fingerprint density at radius 3 is 2.77 bits per heavy atom. The summed E-state index contributed by atoms with van der Waals surface area (Å²) in [6, 6.07) is 11.2. The molecule has 3 aromatic heterocycles. The molecular weight excluding hydrogens is 296 g/mol. The number of pyridine rings is 2. The van der Waals surface area contributed by atoms with E-state index in [2.05, 4.69) is 20.6 Å². The second-order valence-corrected chi connectivity index (χ2v) is 5.53. The van der Waals surface area contributed by atoms with Crippen molar-refractivity contribution in [2.24, 2.45) is 0 Å². The van der Waals surface area contributed by atoms with Crippen LogP contribution in [0, 0.1) is 0 Å². The Hall–Kier alpha value is -2.73. The van der Waals surface area contributed by atoms with E-state index in [1.807, 2.05) is 41.8 Å². The van der Waals surface area contributed by atoms with Crippen LogP contribution in [0.25, 0.3) is 11.3 Å². The molecule has 3 heterocycles. The van der Waals surface area contributed by atoms with Crippen molar-refractivity contribution in [3.8, 4) is 11.3 Å². The molecule has 0 aliphatic heterocycles. The van der Waals surface area contributed by atoms with Crippen LogP contribution in [-0.2, 0) is 6.54 Å². The summed E-state index contributed by atoms with van der Waals surface area (Å²) in [5.74, 6) is 0. The van der Waals surface area contributed by atoms with Gasteiger partial charge in [-0.05, 0) is 41.3 Å². The summed E-state index contributed by atoms with van der Waals surface area (Å²) < 4.78 is 0. The molecule has 0 aromatic carbocycles. The zero-order valence-electron chi connectivity index (χ0n) is 11.7. The lowest BCUT2D eigenvalue weighted by Crippen LogP contribution is -2.27. The lowest BCUT2D eigenvalue weighted by atomic mass is 10.1. The highest BCUT2D eigenvalue weighted by Crippen LogP contribution is 2.16. The maximum Gasteiger partial charge on any atom is 0.320 e. The number of thiophene rings is 1. The van der Waals surface area contributed by atoms with Crippen molar-refractivity contribution in [1.82, 2.24) is 15.3 Å². The number of aromatic nitrogens is 2. The van der Waals surface area contributed by atoms with Gasteiger partial charge in [0.15, 0.2) is 0 Å². The van der Waals surface area contributed by atoms with Gasteiger partial charge in [-0.3, -0.25) is 15.3 Å². The number of carbonyl (C=O) groups is 1. The minimum absolute atomic E-state index is 0.223. The summed E-state index contributed by atoms with van der Waals surface area (Å²) in [5, 5.41) is 8.31. The van der Waals surface area contributed by atoms with Crippen molar-refractivity contribution in [2.75, 3.05) is 5.32 Å². The highest BCUT2D eigenvalue weighted by atomic mass is 32.1. The average Bonchev–Trinajstić information content (AvgIpc) is 3.07. The lowest BCUT2D eigenvalue weighted by Gasteiger charge is -2.06. The van der Waals surface area contributed by atoms with Crippen molar-refractivity contribution in [3.63, 3.8) is 0 Å². The number of amides is 2. The molecular formula is C16H14N4OS. The summed E-state index contributed by atoms with van der Waals surface area (Å²) in [4.78, 5) is 20.2. The Kier molecular flexibility index (Phi) is 4.41. The molecule has 0 saturated heterocycles. The molecule has 0 aliphatic carbocycles. The third kappa shape index (κ3) is 3.67. The van der Waals surface area contributed by atoms with Crippen LogP contribution in [0.4, 0.5) is 9.80 Å². The van der Waals surface area contributed by atoms with Crippen LogP contribution in [0.2, 0.25) is 0 Å². The molecule has 3 aromatic rings. The Balaban J connectivity index is 1.56. The Morgan fingerprint density at radius 1 is 1.14 bits per heavy atom. The summed E-state index contributed by atoms with van der Waals surface area (Å²) in [6.07, 6.45) is 5.26. The average molecular weight is 310 g/mol. The number of rotatable bonds is 4. The molecule has 0 saturated carbocycles. The van der Waals surface area contributed by atoms with Crippen LogP contribution in [0.15, 0.2) is 60.4 Å². The summed E-state index contributed by atoms with van der Waals surface area (Å²) in [7, 11) is 0. The molecule has 0 spiro atoms. The normalized spacial score (nSPS) is 10.2. The molecule has 0 aliphatic rings. The van der Waals surface area contributed by atoms with Gasteiger partial charge in [0.25, 0.3) is 0 Å². The topological polar surface area (TPSA) is 66.9 Å². The van der Waals surface area contributed by atoms with E-state index in [4.69, 9.17) is 0 Å². The van der Waals surface area contributed by atoms with Gasteiger partial charge in [0.1, 0.15) is 0 Å². The van der Waals surface area contributed by atoms with Crippen LogP contribution in [-0.4, -0.2) is 16.0 Å². The van der Waals surface area contributed by atoms with Crippen molar-refractivity contribution in [2.45, 2.75) is 6.54 Å². The molecule has 6 heteroatoms. The highest BCUT2D eigenvalue weighted by molar-refractivity contribution is 7.14. The molecule has 0 fully saturated rings. The fourth-order valence-corrected chi connectivity index (χ4v) is 2.51. The van der Waals surface area contributed by atoms with Gasteiger partial charge >= 0.3 is 6.03 Å². The first-order chi connectivity index (χ1) is 10.8. The molecule has 22 heavy (non-hydrogen) atoms. The maximum absolute atomic E-state index is 11.7. The van der Waals surface area contributed by atoms with E-state index in [-0.39, 0.29) is 6.03 Å². The first-order valence-corrected chi connectivity index (χ1v) is 7.63. The third-order valence-corrected chi connectivity index (χ3v) is 3.78. The predicted octanol–water partition coefficient (Wildman–Crippen LogP) is 3.53.